The van der Waals surface area contributed by atoms with Gasteiger partial charge in [0, 0.05) is 25.1 Å². The van der Waals surface area contributed by atoms with E-state index >= 15 is 0 Å². The molecule has 0 aliphatic heterocycles. The number of nitro benzene ring substituents is 1. The van der Waals surface area contributed by atoms with Gasteiger partial charge in [0.25, 0.3) is 0 Å². The molecule has 8 heteroatoms. The molecule has 0 aliphatic rings. The third-order valence-electron chi connectivity index (χ3n) is 3.01. The maximum absolute atomic E-state index is 11.8. The van der Waals surface area contributed by atoms with E-state index in [1.165, 1.54) is 18.2 Å². The van der Waals surface area contributed by atoms with Crippen LogP contribution in [-0.4, -0.2) is 29.1 Å². The van der Waals surface area contributed by atoms with Gasteiger partial charge in [-0.3, -0.25) is 14.7 Å². The van der Waals surface area contributed by atoms with Gasteiger partial charge in [-0.05, 0) is 18.6 Å². The predicted octanol–water partition coefficient (Wildman–Crippen LogP) is 2.14. The van der Waals surface area contributed by atoms with Crippen LogP contribution in [0.4, 0.5) is 5.69 Å². The number of sulfone groups is 1. The lowest BCUT2D eigenvalue weighted by Crippen LogP contribution is -2.08. The minimum atomic E-state index is -3.69. The van der Waals surface area contributed by atoms with Crippen LogP contribution in [0.1, 0.15) is 19.2 Å². The Balaban J connectivity index is 2.75. The minimum Gasteiger partial charge on any atom is -0.298 e. The molecule has 0 amide bonds. The van der Waals surface area contributed by atoms with Crippen LogP contribution < -0.4 is 0 Å². The maximum atomic E-state index is 11.8. The molecular formula is C13H15N3O4S. The van der Waals surface area contributed by atoms with Crippen LogP contribution in [0.2, 0.25) is 0 Å². The zero-order chi connectivity index (χ0) is 15.6. The molecule has 0 spiro atoms. The van der Waals surface area contributed by atoms with Gasteiger partial charge in [0.2, 0.25) is 0 Å². The van der Waals surface area contributed by atoms with Crippen LogP contribution in [0.25, 0.3) is 5.69 Å². The second-order valence-electron chi connectivity index (χ2n) is 4.62. The largest absolute Gasteiger partial charge is 0.311 e. The lowest BCUT2D eigenvalue weighted by molar-refractivity contribution is -0.387. The smallest absolute Gasteiger partial charge is 0.298 e. The van der Waals surface area contributed by atoms with Gasteiger partial charge in [-0.1, -0.05) is 13.0 Å². The summed E-state index contributed by atoms with van der Waals surface area (Å²) >= 11 is 0. The molecule has 0 N–H and O–H groups in total. The van der Waals surface area contributed by atoms with Crippen molar-refractivity contribution in [2.45, 2.75) is 24.7 Å². The highest BCUT2D eigenvalue weighted by molar-refractivity contribution is 7.90. The lowest BCUT2D eigenvalue weighted by atomic mass is 10.2. The standard InChI is InChI=1S/C13H15N3O4S/c1-3-5-12-14-8-9-15(12)10-6-4-7-11(21(2,19)20)13(10)16(17)18/h4,6-9H,3,5H2,1-2H3. The monoisotopic (exact) mass is 309 g/mol. The average molecular weight is 309 g/mol. The molecule has 0 unspecified atom stereocenters. The summed E-state index contributed by atoms with van der Waals surface area (Å²) in [6.45, 7) is 1.97. The van der Waals surface area contributed by atoms with Gasteiger partial charge in [-0.25, -0.2) is 13.4 Å². The number of nitro groups is 1. The molecule has 0 bridgehead atoms. The number of aromatic nitrogens is 2. The highest BCUT2D eigenvalue weighted by atomic mass is 32.2. The molecule has 2 rings (SSSR count). The quantitative estimate of drug-likeness (QED) is 0.623. The minimum absolute atomic E-state index is 0.212. The fourth-order valence-electron chi connectivity index (χ4n) is 2.15. The van der Waals surface area contributed by atoms with E-state index in [9.17, 15) is 18.5 Å². The zero-order valence-electron chi connectivity index (χ0n) is 11.7. The molecule has 0 fully saturated rings. The summed E-state index contributed by atoms with van der Waals surface area (Å²) in [6.07, 6.45) is 5.57. The summed E-state index contributed by atoms with van der Waals surface area (Å²) in [7, 11) is -3.69. The number of hydrogen-bond acceptors (Lipinski definition) is 5. The van der Waals surface area contributed by atoms with E-state index in [4.69, 9.17) is 0 Å². The van der Waals surface area contributed by atoms with E-state index in [1.54, 1.807) is 17.0 Å². The molecule has 1 heterocycles. The number of benzene rings is 1. The summed E-state index contributed by atoms with van der Waals surface area (Å²) in [5.41, 5.74) is -0.209. The van der Waals surface area contributed by atoms with Crippen molar-refractivity contribution < 1.29 is 13.3 Å². The van der Waals surface area contributed by atoms with Gasteiger partial charge in [0.1, 0.15) is 16.4 Å². The third kappa shape index (κ3) is 2.94. The van der Waals surface area contributed by atoms with E-state index in [2.05, 4.69) is 4.98 Å². The molecule has 1 aromatic heterocycles. The Morgan fingerprint density at radius 2 is 2.10 bits per heavy atom. The number of hydrogen-bond donors (Lipinski definition) is 0. The molecule has 0 radical (unpaired) electrons. The summed E-state index contributed by atoms with van der Waals surface area (Å²) in [4.78, 5) is 14.6. The Labute approximate surface area is 122 Å². The van der Waals surface area contributed by atoms with Gasteiger partial charge in [0.05, 0.1) is 4.92 Å². The van der Waals surface area contributed by atoms with Gasteiger partial charge in [-0.15, -0.1) is 0 Å². The summed E-state index contributed by atoms with van der Waals surface area (Å²) in [5, 5.41) is 11.4. The molecule has 0 saturated carbocycles. The molecule has 2 aromatic rings. The van der Waals surface area contributed by atoms with Gasteiger partial charge in [0.15, 0.2) is 9.84 Å². The molecule has 0 aliphatic carbocycles. The Morgan fingerprint density at radius 3 is 2.67 bits per heavy atom. The van der Waals surface area contributed by atoms with Crippen LogP contribution in [0.15, 0.2) is 35.5 Å². The molecular weight excluding hydrogens is 294 g/mol. The van der Waals surface area contributed by atoms with Crippen molar-refractivity contribution in [1.29, 1.82) is 0 Å². The molecule has 21 heavy (non-hydrogen) atoms. The number of para-hydroxylation sites is 1. The zero-order valence-corrected chi connectivity index (χ0v) is 12.5. The average Bonchev–Trinajstić information content (AvgIpc) is 2.85. The first-order valence-electron chi connectivity index (χ1n) is 6.36. The molecule has 1 aromatic carbocycles. The van der Waals surface area contributed by atoms with Crippen molar-refractivity contribution >= 4 is 15.5 Å². The van der Waals surface area contributed by atoms with Gasteiger partial charge in [-0.2, -0.15) is 0 Å². The number of aryl methyl sites for hydroxylation is 1. The van der Waals surface area contributed by atoms with Crippen molar-refractivity contribution in [2.24, 2.45) is 0 Å². The Hall–Kier alpha value is -2.22. The number of imidazole rings is 1. The fourth-order valence-corrected chi connectivity index (χ4v) is 3.01. The summed E-state index contributed by atoms with van der Waals surface area (Å²) < 4.78 is 25.1. The first-order valence-corrected chi connectivity index (χ1v) is 8.25. The van der Waals surface area contributed by atoms with E-state index in [1.807, 2.05) is 6.92 Å². The molecule has 7 nitrogen and oxygen atoms in total. The van der Waals surface area contributed by atoms with Crippen LogP contribution >= 0.6 is 0 Å². The number of nitrogens with zero attached hydrogens (tertiary/aromatic N) is 3. The van der Waals surface area contributed by atoms with E-state index < -0.39 is 20.4 Å². The predicted molar refractivity (Wildman–Crippen MR) is 77.3 cm³/mol. The van der Waals surface area contributed by atoms with Crippen LogP contribution in [-0.2, 0) is 16.3 Å². The highest BCUT2D eigenvalue weighted by Crippen LogP contribution is 2.31. The fraction of sp³-hybridized carbons (Fsp3) is 0.308. The summed E-state index contributed by atoms with van der Waals surface area (Å²) in [5.74, 6) is 0.659. The number of rotatable bonds is 5. The van der Waals surface area contributed by atoms with Crippen LogP contribution in [0.5, 0.6) is 0 Å². The van der Waals surface area contributed by atoms with Gasteiger partial charge >= 0.3 is 5.69 Å². The second kappa shape index (κ2) is 5.65. The Morgan fingerprint density at radius 1 is 1.38 bits per heavy atom. The molecule has 112 valence electrons. The first kappa shape index (κ1) is 15.2. The molecule has 0 atom stereocenters. The van der Waals surface area contributed by atoms with Gasteiger partial charge < -0.3 is 0 Å². The normalized spacial score (nSPS) is 11.5. The van der Waals surface area contributed by atoms with Crippen molar-refractivity contribution in [2.75, 3.05) is 6.26 Å². The van der Waals surface area contributed by atoms with Crippen molar-refractivity contribution in [3.8, 4) is 5.69 Å². The van der Waals surface area contributed by atoms with Crippen molar-refractivity contribution in [3.63, 3.8) is 0 Å². The first-order chi connectivity index (χ1) is 9.86. The highest BCUT2D eigenvalue weighted by Gasteiger charge is 2.27. The molecule has 0 saturated heterocycles. The Kier molecular flexibility index (Phi) is 4.08. The lowest BCUT2D eigenvalue weighted by Gasteiger charge is -2.10. The van der Waals surface area contributed by atoms with Crippen molar-refractivity contribution in [1.82, 2.24) is 9.55 Å². The van der Waals surface area contributed by atoms with E-state index in [-0.39, 0.29) is 10.6 Å². The third-order valence-corrected chi connectivity index (χ3v) is 4.14. The topological polar surface area (TPSA) is 95.1 Å². The second-order valence-corrected chi connectivity index (χ2v) is 6.60. The summed E-state index contributed by atoms with van der Waals surface area (Å²) in [6, 6.07) is 4.26. The Bertz CT molecular complexity index is 780. The van der Waals surface area contributed by atoms with Crippen molar-refractivity contribution in [3.05, 3.63) is 46.5 Å². The van der Waals surface area contributed by atoms with Crippen LogP contribution in [0, 0.1) is 10.1 Å². The van der Waals surface area contributed by atoms with E-state index in [0.717, 1.165) is 12.7 Å². The van der Waals surface area contributed by atoms with E-state index in [0.29, 0.717) is 12.2 Å². The maximum Gasteiger partial charge on any atom is 0.311 e. The SMILES string of the molecule is CCCc1nccn1-c1cccc(S(C)(=O)=O)c1[N+](=O)[O-]. The van der Waals surface area contributed by atoms with Crippen LogP contribution in [0.3, 0.4) is 0 Å².